The van der Waals surface area contributed by atoms with Crippen LogP contribution in [-0.2, 0) is 24.3 Å². The normalized spacial score (nSPS) is 11.5. The maximum atomic E-state index is 12.5. The number of alkyl halides is 3. The van der Waals surface area contributed by atoms with Crippen LogP contribution in [0.3, 0.4) is 0 Å². The monoisotopic (exact) mass is 572 g/mol. The summed E-state index contributed by atoms with van der Waals surface area (Å²) in [5.41, 5.74) is 0.243. The molecule has 0 aliphatic heterocycles. The average Bonchev–Trinajstić information content (AvgIpc) is 3.25. The predicted octanol–water partition coefficient (Wildman–Crippen LogP) is 3.93. The fourth-order valence-corrected chi connectivity index (χ4v) is 4.61. The number of hydrogen-bond acceptors (Lipinski definition) is 9. The van der Waals surface area contributed by atoms with Gasteiger partial charge in [0.15, 0.2) is 6.61 Å². The van der Waals surface area contributed by atoms with Crippen LogP contribution >= 0.6 is 11.3 Å². The molecule has 202 valence electrons. The van der Waals surface area contributed by atoms with Crippen molar-refractivity contribution < 1.29 is 50.2 Å². The zero-order valence-corrected chi connectivity index (χ0v) is 21.0. The molecule has 1 amide bonds. The molecule has 0 bridgehead atoms. The van der Waals surface area contributed by atoms with Crippen molar-refractivity contribution in [1.29, 1.82) is 0 Å². The zero-order chi connectivity index (χ0) is 28.1. The molecular weight excluding hydrogens is 553 g/mol. The summed E-state index contributed by atoms with van der Waals surface area (Å²) in [5.74, 6) is -3.02. The fourth-order valence-electron chi connectivity index (χ4n) is 2.98. The number of halogens is 3. The van der Waals surface area contributed by atoms with E-state index >= 15 is 0 Å². The van der Waals surface area contributed by atoms with Gasteiger partial charge < -0.3 is 19.5 Å². The van der Waals surface area contributed by atoms with E-state index in [0.717, 1.165) is 29.5 Å². The predicted molar refractivity (Wildman–Crippen MR) is 129 cm³/mol. The van der Waals surface area contributed by atoms with Crippen molar-refractivity contribution in [1.82, 2.24) is 0 Å². The van der Waals surface area contributed by atoms with E-state index < -0.39 is 46.6 Å². The Bertz CT molecular complexity index is 1450. The van der Waals surface area contributed by atoms with Crippen LogP contribution in [0.5, 0.6) is 5.75 Å². The summed E-state index contributed by atoms with van der Waals surface area (Å²) in [6, 6.07) is 11.0. The molecule has 0 unspecified atom stereocenters. The fraction of sp³-hybridized carbons (Fsp3) is 0.174. The highest BCUT2D eigenvalue weighted by Crippen LogP contribution is 2.37. The van der Waals surface area contributed by atoms with Crippen LogP contribution in [0, 0.1) is 0 Å². The molecule has 0 saturated carbocycles. The van der Waals surface area contributed by atoms with Crippen LogP contribution in [-0.4, -0.2) is 45.8 Å². The molecule has 0 fully saturated rings. The largest absolute Gasteiger partial charge is 0.573 e. The highest BCUT2D eigenvalue weighted by molar-refractivity contribution is 7.89. The number of nitrogens with two attached hydrogens (primary N) is 1. The average molecular weight is 573 g/mol. The Kier molecular flexibility index (Phi) is 8.75. The summed E-state index contributed by atoms with van der Waals surface area (Å²) in [6.45, 7) is 0.834. The Morgan fingerprint density at radius 3 is 2.29 bits per heavy atom. The number of esters is 2. The molecule has 38 heavy (non-hydrogen) atoms. The summed E-state index contributed by atoms with van der Waals surface area (Å²) in [7, 11) is -4.07. The maximum Gasteiger partial charge on any atom is 0.573 e. The topological polar surface area (TPSA) is 151 Å². The summed E-state index contributed by atoms with van der Waals surface area (Å²) in [5, 5.41) is 7.52. The Morgan fingerprint density at radius 2 is 1.68 bits per heavy atom. The Balaban J connectivity index is 1.75. The lowest BCUT2D eigenvalue weighted by Crippen LogP contribution is -2.22. The van der Waals surface area contributed by atoms with E-state index in [4.69, 9.17) is 14.6 Å². The lowest BCUT2D eigenvalue weighted by atomic mass is 10.1. The minimum Gasteiger partial charge on any atom is -0.462 e. The molecule has 0 aliphatic rings. The first-order valence-corrected chi connectivity index (χ1v) is 12.9. The molecule has 0 radical (unpaired) electrons. The van der Waals surface area contributed by atoms with Crippen molar-refractivity contribution >= 4 is 44.2 Å². The van der Waals surface area contributed by atoms with Crippen LogP contribution in [0.25, 0.3) is 10.4 Å². The van der Waals surface area contributed by atoms with E-state index in [1.807, 2.05) is 0 Å². The van der Waals surface area contributed by atoms with E-state index in [1.54, 1.807) is 6.92 Å². The maximum absolute atomic E-state index is 12.5. The molecule has 15 heteroatoms. The van der Waals surface area contributed by atoms with Gasteiger partial charge >= 0.3 is 18.3 Å². The number of anilines is 1. The molecule has 1 aromatic heterocycles. The first kappa shape index (κ1) is 28.6. The van der Waals surface area contributed by atoms with Crippen LogP contribution < -0.4 is 15.2 Å². The van der Waals surface area contributed by atoms with Crippen molar-refractivity contribution in [2.75, 3.05) is 18.5 Å². The minimum absolute atomic E-state index is 0.0250. The van der Waals surface area contributed by atoms with Crippen molar-refractivity contribution in [3.63, 3.8) is 0 Å². The molecule has 3 aromatic rings. The van der Waals surface area contributed by atoms with E-state index in [2.05, 4.69) is 10.1 Å². The zero-order valence-electron chi connectivity index (χ0n) is 19.4. The number of benzene rings is 2. The molecule has 2 aromatic carbocycles. The molecular formula is C23H19F3N2O8S2. The standard InChI is InChI=1S/C23H19F3N2O8S2/c1-2-34-22(31)17-11-18(13-6-8-15(9-7-13)36-23(24,25)26)37-20(17)28-19(29)12-35-21(30)14-4-3-5-16(10-14)38(27,32)33/h3-11H,2,12H2,1H3,(H,28,29)(H2,27,32,33). The number of hydrogen-bond donors (Lipinski definition) is 2. The second kappa shape index (κ2) is 11.6. The van der Waals surface area contributed by atoms with Crippen LogP contribution in [0.15, 0.2) is 59.5 Å². The number of amides is 1. The van der Waals surface area contributed by atoms with Gasteiger partial charge in [0, 0.05) is 4.88 Å². The third-order valence-electron chi connectivity index (χ3n) is 4.59. The summed E-state index contributed by atoms with van der Waals surface area (Å²) >= 11 is 0.933. The van der Waals surface area contributed by atoms with E-state index in [9.17, 15) is 36.0 Å². The third kappa shape index (κ3) is 7.77. The number of thiophene rings is 1. The number of ether oxygens (including phenoxy) is 3. The lowest BCUT2D eigenvalue weighted by molar-refractivity contribution is -0.274. The minimum atomic E-state index is -4.85. The molecule has 1 heterocycles. The van der Waals surface area contributed by atoms with E-state index in [-0.39, 0.29) is 27.6 Å². The number of nitrogens with one attached hydrogen (secondary N) is 1. The van der Waals surface area contributed by atoms with Gasteiger partial charge in [0.1, 0.15) is 10.8 Å². The van der Waals surface area contributed by atoms with Crippen molar-refractivity contribution in [2.45, 2.75) is 18.2 Å². The van der Waals surface area contributed by atoms with Gasteiger partial charge in [-0.3, -0.25) is 4.79 Å². The van der Waals surface area contributed by atoms with Crippen molar-refractivity contribution in [3.05, 3.63) is 65.7 Å². The third-order valence-corrected chi connectivity index (χ3v) is 6.60. The summed E-state index contributed by atoms with van der Waals surface area (Å²) in [6.07, 6.45) is -4.85. The summed E-state index contributed by atoms with van der Waals surface area (Å²) in [4.78, 5) is 37.2. The van der Waals surface area contributed by atoms with Gasteiger partial charge in [0.25, 0.3) is 5.91 Å². The molecule has 3 rings (SSSR count). The molecule has 0 atom stereocenters. The number of rotatable bonds is 9. The van der Waals surface area contributed by atoms with E-state index in [1.165, 1.54) is 36.4 Å². The smallest absolute Gasteiger partial charge is 0.462 e. The molecule has 0 spiro atoms. The van der Waals surface area contributed by atoms with Gasteiger partial charge in [0.2, 0.25) is 10.0 Å². The number of carbonyl (C=O) groups is 3. The first-order valence-electron chi connectivity index (χ1n) is 10.5. The number of carbonyl (C=O) groups excluding carboxylic acids is 3. The number of primary sulfonamides is 1. The molecule has 0 saturated heterocycles. The number of sulfonamides is 1. The second-order valence-corrected chi connectivity index (χ2v) is 9.96. The molecule has 10 nitrogen and oxygen atoms in total. The highest BCUT2D eigenvalue weighted by atomic mass is 32.2. The van der Waals surface area contributed by atoms with Crippen molar-refractivity contribution in [3.8, 4) is 16.2 Å². The lowest BCUT2D eigenvalue weighted by Gasteiger charge is -2.08. The van der Waals surface area contributed by atoms with Gasteiger partial charge in [-0.1, -0.05) is 6.07 Å². The quantitative estimate of drug-likeness (QED) is 0.366. The SMILES string of the molecule is CCOC(=O)c1cc(-c2ccc(OC(F)(F)F)cc2)sc1NC(=O)COC(=O)c1cccc(S(N)(=O)=O)c1. The van der Waals surface area contributed by atoms with E-state index in [0.29, 0.717) is 10.4 Å². The van der Waals surface area contributed by atoms with Crippen LogP contribution in [0.1, 0.15) is 27.6 Å². The highest BCUT2D eigenvalue weighted by Gasteiger charge is 2.31. The van der Waals surface area contributed by atoms with Crippen molar-refractivity contribution in [2.24, 2.45) is 5.14 Å². The Labute approximate surface area is 218 Å². The van der Waals surface area contributed by atoms with Gasteiger partial charge in [-0.25, -0.2) is 23.1 Å². The second-order valence-electron chi connectivity index (χ2n) is 7.34. The molecule has 0 aliphatic carbocycles. The van der Waals surface area contributed by atoms with Crippen LogP contribution in [0.2, 0.25) is 0 Å². The Morgan fingerprint density at radius 1 is 1.00 bits per heavy atom. The van der Waals surface area contributed by atoms with Gasteiger partial charge in [-0.15, -0.1) is 24.5 Å². The first-order chi connectivity index (χ1) is 17.8. The van der Waals surface area contributed by atoms with Gasteiger partial charge in [0.05, 0.1) is 22.6 Å². The van der Waals surface area contributed by atoms with Crippen LogP contribution in [0.4, 0.5) is 18.2 Å². The molecule has 3 N–H and O–H groups in total. The Hall–Kier alpha value is -3.95. The summed E-state index contributed by atoms with van der Waals surface area (Å²) < 4.78 is 73.9. The van der Waals surface area contributed by atoms with Gasteiger partial charge in [-0.05, 0) is 61.0 Å². The van der Waals surface area contributed by atoms with Gasteiger partial charge in [-0.2, -0.15) is 0 Å².